The van der Waals surface area contributed by atoms with Gasteiger partial charge in [0.15, 0.2) is 29.1 Å². The highest BCUT2D eigenvalue weighted by Crippen LogP contribution is 2.38. The summed E-state index contributed by atoms with van der Waals surface area (Å²) in [5.41, 5.74) is -1.72. The van der Waals surface area contributed by atoms with Crippen molar-refractivity contribution >= 4 is 0 Å². The van der Waals surface area contributed by atoms with Gasteiger partial charge in [0.05, 0.1) is 5.56 Å². The first-order valence-corrected chi connectivity index (χ1v) is 11.2. The van der Waals surface area contributed by atoms with Gasteiger partial charge in [0.25, 0.3) is 0 Å². The van der Waals surface area contributed by atoms with Gasteiger partial charge in [0.2, 0.25) is 0 Å². The van der Waals surface area contributed by atoms with E-state index in [0.29, 0.717) is 24.5 Å². The highest BCUT2D eigenvalue weighted by Gasteiger charge is 2.38. The van der Waals surface area contributed by atoms with Crippen LogP contribution in [0.15, 0.2) is 54.6 Å². The highest BCUT2D eigenvalue weighted by molar-refractivity contribution is 5.65. The van der Waals surface area contributed by atoms with E-state index in [1.165, 1.54) is 12.1 Å². The van der Waals surface area contributed by atoms with Crippen LogP contribution >= 0.6 is 0 Å². The van der Waals surface area contributed by atoms with Gasteiger partial charge in [0.1, 0.15) is 11.6 Å². The third-order valence-corrected chi connectivity index (χ3v) is 6.30. The maximum atomic E-state index is 14.9. The summed E-state index contributed by atoms with van der Waals surface area (Å²) in [7, 11) is 0. The van der Waals surface area contributed by atoms with E-state index >= 15 is 0 Å². The summed E-state index contributed by atoms with van der Waals surface area (Å²) in [5.74, 6) is -10.3. The van der Waals surface area contributed by atoms with Gasteiger partial charge in [-0.15, -0.1) is 0 Å². The van der Waals surface area contributed by atoms with Crippen molar-refractivity contribution in [1.82, 2.24) is 0 Å². The Labute approximate surface area is 202 Å². The van der Waals surface area contributed by atoms with Crippen molar-refractivity contribution < 1.29 is 39.9 Å². The zero-order chi connectivity index (χ0) is 26.2. The Balaban J connectivity index is 1.61. The van der Waals surface area contributed by atoms with E-state index < -0.39 is 52.3 Å². The fourth-order valence-corrected chi connectivity index (χ4v) is 4.26. The molecule has 190 valence electrons. The van der Waals surface area contributed by atoms with Gasteiger partial charge in [-0.05, 0) is 48.4 Å². The molecule has 0 fully saturated rings. The van der Waals surface area contributed by atoms with E-state index in [4.69, 9.17) is 0 Å². The number of rotatable bonds is 6. The van der Waals surface area contributed by atoms with E-state index in [9.17, 15) is 35.1 Å². The molecule has 4 rings (SSSR count). The first kappa shape index (κ1) is 25.7. The summed E-state index contributed by atoms with van der Waals surface area (Å²) in [5, 5.41) is 0. The van der Waals surface area contributed by atoms with Crippen LogP contribution in [0.1, 0.15) is 43.2 Å². The molecule has 2 unspecified atom stereocenters. The van der Waals surface area contributed by atoms with Crippen molar-refractivity contribution in [3.8, 4) is 16.9 Å². The normalized spacial score (nSPS) is 17.9. The van der Waals surface area contributed by atoms with Gasteiger partial charge in [0, 0.05) is 23.6 Å². The zero-order valence-electron chi connectivity index (χ0n) is 18.9. The lowest BCUT2D eigenvalue weighted by Gasteiger charge is -2.23. The molecule has 2 atom stereocenters. The van der Waals surface area contributed by atoms with E-state index in [1.54, 1.807) is 0 Å². The van der Waals surface area contributed by atoms with E-state index in [-0.39, 0.29) is 34.7 Å². The molecule has 0 amide bonds. The van der Waals surface area contributed by atoms with Crippen LogP contribution in [0.4, 0.5) is 35.1 Å². The van der Waals surface area contributed by atoms with Crippen LogP contribution < -0.4 is 4.74 Å². The highest BCUT2D eigenvalue weighted by atomic mass is 19.3. The molecule has 0 N–H and O–H groups in total. The van der Waals surface area contributed by atoms with Gasteiger partial charge < -0.3 is 4.74 Å². The SMILES string of the molecule is CCC1C=CC(c2ccc(-c3ccc(C(F)(F)Oc4cc(F)c(F)c(F)c4)c(F)c3)c(F)c2F)CC1. The molecule has 0 aromatic heterocycles. The molecule has 1 nitrogen and oxygen atoms in total. The van der Waals surface area contributed by atoms with Crippen LogP contribution in [0.25, 0.3) is 11.1 Å². The largest absolute Gasteiger partial charge is 0.429 e. The number of ether oxygens (including phenoxy) is 1. The second-order valence-corrected chi connectivity index (χ2v) is 8.58. The Bertz CT molecular complexity index is 1290. The molecule has 0 spiro atoms. The molecule has 0 bridgehead atoms. The molecule has 1 aliphatic rings. The molecule has 1 aliphatic carbocycles. The molecule has 36 heavy (non-hydrogen) atoms. The van der Waals surface area contributed by atoms with Crippen LogP contribution in [0, 0.1) is 40.8 Å². The van der Waals surface area contributed by atoms with Gasteiger partial charge >= 0.3 is 6.11 Å². The van der Waals surface area contributed by atoms with E-state index in [2.05, 4.69) is 4.74 Å². The number of hydrogen-bond donors (Lipinski definition) is 0. The molecular weight excluding hydrogens is 492 g/mol. The lowest BCUT2D eigenvalue weighted by Crippen LogP contribution is -2.23. The Hall–Kier alpha value is -3.36. The van der Waals surface area contributed by atoms with Gasteiger partial charge in [-0.1, -0.05) is 37.3 Å². The third-order valence-electron chi connectivity index (χ3n) is 6.30. The quantitative estimate of drug-likeness (QED) is 0.182. The summed E-state index contributed by atoms with van der Waals surface area (Å²) in [6.07, 6.45) is 1.82. The number of hydrogen-bond acceptors (Lipinski definition) is 1. The van der Waals surface area contributed by atoms with E-state index in [0.717, 1.165) is 18.9 Å². The Kier molecular flexibility index (Phi) is 7.11. The van der Waals surface area contributed by atoms with Crippen molar-refractivity contribution in [3.05, 3.63) is 101 Å². The van der Waals surface area contributed by atoms with Crippen molar-refractivity contribution in [2.75, 3.05) is 0 Å². The summed E-state index contributed by atoms with van der Waals surface area (Å²) in [4.78, 5) is 0. The topological polar surface area (TPSA) is 9.23 Å². The molecule has 0 radical (unpaired) electrons. The standard InChI is InChI=1S/C27H20F8O/c1-2-14-3-5-15(6-4-14)18-8-9-19(25(32)24(18)31)16-7-10-20(21(28)11-16)27(34,35)36-17-12-22(29)26(33)23(30)13-17/h3,5,7-15H,2,4,6H2,1H3. The minimum atomic E-state index is -4.42. The lowest BCUT2D eigenvalue weighted by molar-refractivity contribution is -0.187. The number of benzene rings is 3. The second kappa shape index (κ2) is 9.95. The first-order valence-electron chi connectivity index (χ1n) is 11.2. The molecule has 0 saturated heterocycles. The minimum Gasteiger partial charge on any atom is -0.429 e. The average molecular weight is 512 g/mol. The fourth-order valence-electron chi connectivity index (χ4n) is 4.26. The summed E-state index contributed by atoms with van der Waals surface area (Å²) in [6, 6.07) is 5.09. The van der Waals surface area contributed by atoms with Crippen molar-refractivity contribution in [2.45, 2.75) is 38.2 Å². The summed E-state index contributed by atoms with van der Waals surface area (Å²) < 4.78 is 117. The first-order chi connectivity index (χ1) is 17.0. The van der Waals surface area contributed by atoms with Crippen molar-refractivity contribution in [2.24, 2.45) is 5.92 Å². The fraction of sp³-hybridized carbons (Fsp3) is 0.259. The molecule has 3 aromatic carbocycles. The second-order valence-electron chi connectivity index (χ2n) is 8.58. The van der Waals surface area contributed by atoms with Gasteiger partial charge in [-0.2, -0.15) is 8.78 Å². The van der Waals surface area contributed by atoms with E-state index in [1.807, 2.05) is 19.1 Å². The van der Waals surface area contributed by atoms with Crippen molar-refractivity contribution in [1.29, 1.82) is 0 Å². The summed E-state index contributed by atoms with van der Waals surface area (Å²) in [6.45, 7) is 2.04. The Morgan fingerprint density at radius 1 is 0.778 bits per heavy atom. The summed E-state index contributed by atoms with van der Waals surface area (Å²) >= 11 is 0. The van der Waals surface area contributed by atoms with Crippen LogP contribution in [0.3, 0.4) is 0 Å². The van der Waals surface area contributed by atoms with Crippen molar-refractivity contribution in [3.63, 3.8) is 0 Å². The Morgan fingerprint density at radius 3 is 2.06 bits per heavy atom. The van der Waals surface area contributed by atoms with Crippen LogP contribution in [0.2, 0.25) is 0 Å². The molecule has 0 saturated carbocycles. The molecule has 0 aliphatic heterocycles. The van der Waals surface area contributed by atoms with Crippen LogP contribution in [-0.2, 0) is 6.11 Å². The smallest absolute Gasteiger partial charge is 0.429 e. The lowest BCUT2D eigenvalue weighted by atomic mass is 9.83. The monoisotopic (exact) mass is 512 g/mol. The van der Waals surface area contributed by atoms with Gasteiger partial charge in [-0.25, -0.2) is 26.3 Å². The number of allylic oxidation sites excluding steroid dienone is 2. The maximum Gasteiger partial charge on any atom is 0.429 e. The molecule has 0 heterocycles. The molecular formula is C27H20F8O. The third kappa shape index (κ3) is 4.96. The van der Waals surface area contributed by atoms with Crippen LogP contribution in [-0.4, -0.2) is 0 Å². The molecule has 9 heteroatoms. The number of halogens is 8. The average Bonchev–Trinajstić information content (AvgIpc) is 2.83. The predicted octanol–water partition coefficient (Wildman–Crippen LogP) is 8.78. The zero-order valence-corrected chi connectivity index (χ0v) is 18.9. The molecule has 3 aromatic rings. The Morgan fingerprint density at radius 2 is 1.47 bits per heavy atom. The minimum absolute atomic E-state index is 0.151. The number of alkyl halides is 2. The van der Waals surface area contributed by atoms with Gasteiger partial charge in [-0.3, -0.25) is 0 Å². The van der Waals surface area contributed by atoms with Crippen LogP contribution in [0.5, 0.6) is 5.75 Å². The maximum absolute atomic E-state index is 14.9. The predicted molar refractivity (Wildman–Crippen MR) is 117 cm³/mol.